The molecule has 0 saturated carbocycles. The molecule has 6 nitrogen and oxygen atoms in total. The average molecular weight is 423 g/mol. The van der Waals surface area contributed by atoms with E-state index in [2.05, 4.69) is 4.98 Å². The van der Waals surface area contributed by atoms with E-state index >= 15 is 0 Å². The van der Waals surface area contributed by atoms with Crippen LogP contribution >= 0.6 is 11.3 Å². The van der Waals surface area contributed by atoms with Gasteiger partial charge in [-0.05, 0) is 36.2 Å². The Morgan fingerprint density at radius 1 is 1.20 bits per heavy atom. The molecule has 1 saturated heterocycles. The number of likely N-dealkylation sites (tertiary alicyclic amines) is 1. The molecule has 30 heavy (non-hydrogen) atoms. The lowest BCUT2D eigenvalue weighted by Crippen LogP contribution is -2.23. The van der Waals surface area contributed by atoms with E-state index < -0.39 is 5.97 Å². The Balaban J connectivity index is 1.37. The molecule has 4 rings (SSSR count). The molecule has 0 N–H and O–H groups in total. The standard InChI is InChI=1S/C23H22N2O4S/c1-28-20-8-3-6-17(12-20)22-24-19(15-30-22)14-29-23(27)18-7-2-5-16(11-18)13-25-10-4-9-21(25)26/h2-3,5-8,11-12,15H,4,9-10,13-14H2,1H3. The number of hydrogen-bond donors (Lipinski definition) is 0. The van der Waals surface area contributed by atoms with Gasteiger partial charge in [-0.15, -0.1) is 11.3 Å². The van der Waals surface area contributed by atoms with Gasteiger partial charge in [-0.2, -0.15) is 0 Å². The zero-order valence-corrected chi connectivity index (χ0v) is 17.5. The lowest BCUT2D eigenvalue weighted by atomic mass is 10.1. The van der Waals surface area contributed by atoms with Crippen molar-refractivity contribution in [1.29, 1.82) is 0 Å². The van der Waals surface area contributed by atoms with Crippen LogP contribution in [0.3, 0.4) is 0 Å². The maximum Gasteiger partial charge on any atom is 0.338 e. The van der Waals surface area contributed by atoms with Crippen LogP contribution < -0.4 is 4.74 Å². The van der Waals surface area contributed by atoms with Crippen LogP contribution in [0, 0.1) is 0 Å². The van der Waals surface area contributed by atoms with E-state index in [1.54, 1.807) is 19.2 Å². The van der Waals surface area contributed by atoms with E-state index in [-0.39, 0.29) is 12.5 Å². The van der Waals surface area contributed by atoms with Crippen LogP contribution in [-0.2, 0) is 22.7 Å². The lowest BCUT2D eigenvalue weighted by molar-refractivity contribution is -0.128. The van der Waals surface area contributed by atoms with Gasteiger partial charge in [-0.3, -0.25) is 4.79 Å². The zero-order chi connectivity index (χ0) is 20.9. The first-order valence-corrected chi connectivity index (χ1v) is 10.6. The van der Waals surface area contributed by atoms with Gasteiger partial charge in [0.2, 0.25) is 5.91 Å². The first-order chi connectivity index (χ1) is 14.6. The van der Waals surface area contributed by atoms with E-state index in [1.807, 2.05) is 46.7 Å². The molecule has 0 aliphatic carbocycles. The molecule has 2 heterocycles. The maximum atomic E-state index is 12.5. The van der Waals surface area contributed by atoms with Crippen molar-refractivity contribution in [2.75, 3.05) is 13.7 Å². The predicted molar refractivity (Wildman–Crippen MR) is 114 cm³/mol. The molecule has 0 unspecified atom stereocenters. The third-order valence-electron chi connectivity index (χ3n) is 4.93. The minimum absolute atomic E-state index is 0.105. The fourth-order valence-corrected chi connectivity index (χ4v) is 4.17. The summed E-state index contributed by atoms with van der Waals surface area (Å²) in [6, 6.07) is 14.9. The molecule has 1 fully saturated rings. The SMILES string of the molecule is COc1cccc(-c2nc(COC(=O)c3cccc(CN4CCCC4=O)c3)cs2)c1. The molecule has 2 aromatic carbocycles. The van der Waals surface area contributed by atoms with Crippen LogP contribution in [0.5, 0.6) is 5.75 Å². The van der Waals surface area contributed by atoms with Crippen molar-refractivity contribution >= 4 is 23.2 Å². The van der Waals surface area contributed by atoms with E-state index in [9.17, 15) is 9.59 Å². The molecule has 3 aromatic rings. The summed E-state index contributed by atoms with van der Waals surface area (Å²) >= 11 is 1.49. The number of methoxy groups -OCH3 is 1. The second-order valence-corrected chi connectivity index (χ2v) is 7.93. The van der Waals surface area contributed by atoms with Crippen LogP contribution in [0.25, 0.3) is 10.6 Å². The highest BCUT2D eigenvalue weighted by atomic mass is 32.1. The molecule has 1 aliphatic rings. The van der Waals surface area contributed by atoms with Gasteiger partial charge in [-0.25, -0.2) is 9.78 Å². The molecule has 7 heteroatoms. The first-order valence-electron chi connectivity index (χ1n) is 9.75. The Labute approximate surface area is 179 Å². The maximum absolute atomic E-state index is 12.5. The first kappa shape index (κ1) is 20.1. The number of benzene rings is 2. The van der Waals surface area contributed by atoms with Crippen LogP contribution in [0.1, 0.15) is 34.5 Å². The molecule has 0 spiro atoms. The summed E-state index contributed by atoms with van der Waals surface area (Å²) in [7, 11) is 1.63. The van der Waals surface area contributed by atoms with Crippen molar-refractivity contribution in [2.45, 2.75) is 26.0 Å². The van der Waals surface area contributed by atoms with E-state index in [1.165, 1.54) is 11.3 Å². The normalized spacial score (nSPS) is 13.5. The van der Waals surface area contributed by atoms with Crippen molar-refractivity contribution in [3.63, 3.8) is 0 Å². The lowest BCUT2D eigenvalue weighted by Gasteiger charge is -2.15. The Morgan fingerprint density at radius 3 is 2.87 bits per heavy atom. The number of nitrogens with zero attached hydrogens (tertiary/aromatic N) is 2. The van der Waals surface area contributed by atoms with Gasteiger partial charge in [0.1, 0.15) is 17.4 Å². The Kier molecular flexibility index (Phi) is 6.09. The summed E-state index contributed by atoms with van der Waals surface area (Å²) in [5.41, 5.74) is 3.06. The number of thiazole rings is 1. The zero-order valence-electron chi connectivity index (χ0n) is 16.7. The molecular formula is C23H22N2O4S. The average Bonchev–Trinajstić information content (AvgIpc) is 3.41. The van der Waals surface area contributed by atoms with E-state index in [4.69, 9.17) is 9.47 Å². The number of hydrogen-bond acceptors (Lipinski definition) is 6. The van der Waals surface area contributed by atoms with Crippen LogP contribution in [0.2, 0.25) is 0 Å². The number of amides is 1. The highest BCUT2D eigenvalue weighted by molar-refractivity contribution is 7.13. The molecule has 1 amide bonds. The van der Waals surface area contributed by atoms with Gasteiger partial charge in [0.05, 0.1) is 18.4 Å². The fourth-order valence-electron chi connectivity index (χ4n) is 3.37. The molecule has 154 valence electrons. The van der Waals surface area contributed by atoms with Crippen molar-refractivity contribution in [3.8, 4) is 16.3 Å². The quantitative estimate of drug-likeness (QED) is 0.531. The van der Waals surface area contributed by atoms with Crippen molar-refractivity contribution < 1.29 is 19.1 Å². The monoisotopic (exact) mass is 422 g/mol. The second-order valence-electron chi connectivity index (χ2n) is 7.07. The Morgan fingerprint density at radius 2 is 2.07 bits per heavy atom. The molecule has 1 aliphatic heterocycles. The molecule has 0 radical (unpaired) electrons. The minimum Gasteiger partial charge on any atom is -0.497 e. The highest BCUT2D eigenvalue weighted by Gasteiger charge is 2.20. The number of carbonyl (C=O) groups excluding carboxylic acids is 2. The predicted octanol–water partition coefficient (Wildman–Crippen LogP) is 4.30. The van der Waals surface area contributed by atoms with Gasteiger partial charge < -0.3 is 14.4 Å². The summed E-state index contributed by atoms with van der Waals surface area (Å²) in [5.74, 6) is 0.532. The minimum atomic E-state index is -0.402. The van der Waals surface area contributed by atoms with Gasteiger partial charge >= 0.3 is 5.97 Å². The highest BCUT2D eigenvalue weighted by Crippen LogP contribution is 2.27. The summed E-state index contributed by atoms with van der Waals surface area (Å²) in [4.78, 5) is 30.7. The third kappa shape index (κ3) is 4.68. The summed E-state index contributed by atoms with van der Waals surface area (Å²) < 4.78 is 10.7. The second kappa shape index (κ2) is 9.09. The Hall–Kier alpha value is -3.19. The van der Waals surface area contributed by atoms with Crippen molar-refractivity contribution in [1.82, 2.24) is 9.88 Å². The number of aromatic nitrogens is 1. The number of rotatable bonds is 7. The van der Waals surface area contributed by atoms with Gasteiger partial charge in [0, 0.05) is 30.5 Å². The summed E-state index contributed by atoms with van der Waals surface area (Å²) in [5, 5.41) is 2.73. The van der Waals surface area contributed by atoms with Gasteiger partial charge in [0.15, 0.2) is 0 Å². The van der Waals surface area contributed by atoms with Crippen LogP contribution in [0.15, 0.2) is 53.9 Å². The Bertz CT molecular complexity index is 1060. The van der Waals surface area contributed by atoms with E-state index in [0.29, 0.717) is 24.2 Å². The summed E-state index contributed by atoms with van der Waals surface area (Å²) in [6.45, 7) is 1.40. The smallest absolute Gasteiger partial charge is 0.338 e. The van der Waals surface area contributed by atoms with Gasteiger partial charge in [0.25, 0.3) is 0 Å². The molecule has 0 atom stereocenters. The summed E-state index contributed by atoms with van der Waals surface area (Å²) in [6.07, 6.45) is 1.50. The van der Waals surface area contributed by atoms with Crippen molar-refractivity contribution in [3.05, 3.63) is 70.7 Å². The van der Waals surface area contributed by atoms with E-state index in [0.717, 1.165) is 34.8 Å². The molecule has 0 bridgehead atoms. The van der Waals surface area contributed by atoms with Crippen molar-refractivity contribution in [2.24, 2.45) is 0 Å². The number of esters is 1. The van der Waals surface area contributed by atoms with Gasteiger partial charge in [-0.1, -0.05) is 24.3 Å². The number of carbonyl (C=O) groups is 2. The number of ether oxygens (including phenoxy) is 2. The molecular weight excluding hydrogens is 400 g/mol. The molecule has 1 aromatic heterocycles. The fraction of sp³-hybridized carbons (Fsp3) is 0.261. The largest absolute Gasteiger partial charge is 0.497 e. The van der Waals surface area contributed by atoms with Crippen LogP contribution in [-0.4, -0.2) is 35.4 Å². The third-order valence-corrected chi connectivity index (χ3v) is 5.87. The van der Waals surface area contributed by atoms with Crippen LogP contribution in [0.4, 0.5) is 0 Å². The topological polar surface area (TPSA) is 68.7 Å².